The molecule has 0 aliphatic carbocycles. The van der Waals surface area contributed by atoms with Crippen molar-refractivity contribution in [1.29, 1.82) is 0 Å². The number of furan rings is 1. The van der Waals surface area contributed by atoms with E-state index < -0.39 is 0 Å². The first-order valence-electron chi connectivity index (χ1n) is 6.74. The van der Waals surface area contributed by atoms with E-state index >= 15 is 0 Å². The average molecular weight is 258 g/mol. The quantitative estimate of drug-likeness (QED) is 0.861. The van der Waals surface area contributed by atoms with Gasteiger partial charge in [-0.3, -0.25) is 0 Å². The summed E-state index contributed by atoms with van der Waals surface area (Å²) < 4.78 is 5.53. The van der Waals surface area contributed by atoms with Crippen molar-refractivity contribution in [3.63, 3.8) is 0 Å². The Morgan fingerprint density at radius 2 is 1.89 bits per heavy atom. The molecule has 102 valence electrons. The zero-order valence-corrected chi connectivity index (χ0v) is 11.9. The van der Waals surface area contributed by atoms with Gasteiger partial charge in [-0.2, -0.15) is 0 Å². The van der Waals surface area contributed by atoms with Crippen LogP contribution in [0.15, 0.2) is 41.0 Å². The van der Waals surface area contributed by atoms with Gasteiger partial charge in [0.05, 0.1) is 12.8 Å². The van der Waals surface area contributed by atoms with Crippen molar-refractivity contribution >= 4 is 5.69 Å². The summed E-state index contributed by atoms with van der Waals surface area (Å²) in [5, 5.41) is 3.30. The minimum Gasteiger partial charge on any atom is -0.468 e. The molecule has 0 amide bonds. The normalized spacial score (nSPS) is 10.7. The molecule has 2 aromatic rings. The van der Waals surface area contributed by atoms with Crippen molar-refractivity contribution in [2.24, 2.45) is 0 Å². The fourth-order valence-electron chi connectivity index (χ4n) is 2.05. The maximum Gasteiger partial charge on any atom is 0.122 e. The van der Waals surface area contributed by atoms with Crippen molar-refractivity contribution in [2.75, 3.05) is 18.5 Å². The Balaban J connectivity index is 2.04. The van der Waals surface area contributed by atoms with E-state index in [1.165, 1.54) is 16.8 Å². The van der Waals surface area contributed by atoms with Gasteiger partial charge in [0.2, 0.25) is 0 Å². The predicted octanol–water partition coefficient (Wildman–Crippen LogP) is 3.33. The van der Waals surface area contributed by atoms with Crippen LogP contribution in [0.25, 0.3) is 0 Å². The second-order valence-electron chi connectivity index (χ2n) is 4.84. The van der Waals surface area contributed by atoms with Gasteiger partial charge in [-0.25, -0.2) is 0 Å². The van der Waals surface area contributed by atoms with Crippen LogP contribution in [-0.4, -0.2) is 13.6 Å². The lowest BCUT2D eigenvalue weighted by atomic mass is 10.2. The third-order valence-electron chi connectivity index (χ3n) is 3.26. The number of benzene rings is 1. The van der Waals surface area contributed by atoms with Crippen molar-refractivity contribution in [3.8, 4) is 0 Å². The lowest BCUT2D eigenvalue weighted by molar-refractivity contribution is 0.482. The second-order valence-corrected chi connectivity index (χ2v) is 4.84. The highest BCUT2D eigenvalue weighted by atomic mass is 16.3. The molecule has 0 bridgehead atoms. The van der Waals surface area contributed by atoms with E-state index in [2.05, 4.69) is 61.4 Å². The zero-order chi connectivity index (χ0) is 13.7. The monoisotopic (exact) mass is 258 g/mol. The fraction of sp³-hybridized carbons (Fsp3) is 0.375. The summed E-state index contributed by atoms with van der Waals surface area (Å²) in [6, 6.07) is 10.6. The third kappa shape index (κ3) is 3.61. The number of anilines is 1. The van der Waals surface area contributed by atoms with Gasteiger partial charge < -0.3 is 14.6 Å². The van der Waals surface area contributed by atoms with E-state index in [4.69, 9.17) is 4.42 Å². The standard InChI is InChI=1S/C16H22N2O/c1-4-17-11-16-14(9-10-19-16)12-18(3)15-7-5-13(2)6-8-15/h5-10,17H,4,11-12H2,1-3H3. The molecule has 0 saturated carbocycles. The maximum atomic E-state index is 5.53. The Hall–Kier alpha value is -1.74. The summed E-state index contributed by atoms with van der Waals surface area (Å²) in [5.41, 5.74) is 3.75. The summed E-state index contributed by atoms with van der Waals surface area (Å²) in [5.74, 6) is 1.03. The van der Waals surface area contributed by atoms with Gasteiger partial charge in [0.1, 0.15) is 5.76 Å². The Bertz CT molecular complexity index is 502. The van der Waals surface area contributed by atoms with Crippen LogP contribution in [-0.2, 0) is 13.1 Å². The molecule has 1 N–H and O–H groups in total. The molecule has 1 heterocycles. The van der Waals surface area contributed by atoms with Gasteiger partial charge in [-0.1, -0.05) is 24.6 Å². The van der Waals surface area contributed by atoms with E-state index in [-0.39, 0.29) is 0 Å². The highest BCUT2D eigenvalue weighted by Gasteiger charge is 2.09. The SMILES string of the molecule is CCNCc1occc1CN(C)c1ccc(C)cc1. The van der Waals surface area contributed by atoms with E-state index in [1.54, 1.807) is 6.26 Å². The molecule has 0 spiro atoms. The Labute approximate surface area is 115 Å². The summed E-state index contributed by atoms with van der Waals surface area (Å²) in [4.78, 5) is 2.24. The zero-order valence-electron chi connectivity index (χ0n) is 11.9. The second kappa shape index (κ2) is 6.43. The highest BCUT2D eigenvalue weighted by molar-refractivity contribution is 5.47. The molecule has 0 atom stereocenters. The van der Waals surface area contributed by atoms with Crippen LogP contribution in [0.5, 0.6) is 0 Å². The Morgan fingerprint density at radius 3 is 2.58 bits per heavy atom. The Kier molecular flexibility index (Phi) is 4.63. The largest absolute Gasteiger partial charge is 0.468 e. The van der Waals surface area contributed by atoms with Gasteiger partial charge in [-0.15, -0.1) is 0 Å². The molecular formula is C16H22N2O. The van der Waals surface area contributed by atoms with Crippen molar-refractivity contribution < 1.29 is 4.42 Å². The molecule has 1 aromatic heterocycles. The molecule has 0 aliphatic rings. The van der Waals surface area contributed by atoms with Gasteiger partial charge in [0.15, 0.2) is 0 Å². The smallest absolute Gasteiger partial charge is 0.122 e. The molecule has 0 aliphatic heterocycles. The molecule has 0 radical (unpaired) electrons. The maximum absolute atomic E-state index is 5.53. The van der Waals surface area contributed by atoms with Crippen LogP contribution in [0.3, 0.4) is 0 Å². The number of aryl methyl sites for hydroxylation is 1. The molecule has 3 nitrogen and oxygen atoms in total. The number of hydrogen-bond acceptors (Lipinski definition) is 3. The van der Waals surface area contributed by atoms with Crippen LogP contribution in [0, 0.1) is 6.92 Å². The first-order valence-corrected chi connectivity index (χ1v) is 6.74. The highest BCUT2D eigenvalue weighted by Crippen LogP contribution is 2.18. The lowest BCUT2D eigenvalue weighted by Crippen LogP contribution is -2.18. The van der Waals surface area contributed by atoms with Crippen molar-refractivity contribution in [3.05, 3.63) is 53.5 Å². The topological polar surface area (TPSA) is 28.4 Å². The number of rotatable bonds is 6. The Morgan fingerprint density at radius 1 is 1.16 bits per heavy atom. The van der Waals surface area contributed by atoms with Crippen LogP contribution in [0.4, 0.5) is 5.69 Å². The van der Waals surface area contributed by atoms with E-state index in [9.17, 15) is 0 Å². The third-order valence-corrected chi connectivity index (χ3v) is 3.26. The van der Waals surface area contributed by atoms with Crippen LogP contribution in [0.1, 0.15) is 23.8 Å². The summed E-state index contributed by atoms with van der Waals surface area (Å²) in [6.07, 6.45) is 1.77. The molecule has 0 unspecified atom stereocenters. The number of nitrogens with one attached hydrogen (secondary N) is 1. The van der Waals surface area contributed by atoms with Gasteiger partial charge in [-0.05, 0) is 31.7 Å². The van der Waals surface area contributed by atoms with Crippen molar-refractivity contribution in [1.82, 2.24) is 5.32 Å². The van der Waals surface area contributed by atoms with Gasteiger partial charge >= 0.3 is 0 Å². The summed E-state index contributed by atoms with van der Waals surface area (Å²) in [7, 11) is 2.11. The first kappa shape index (κ1) is 13.7. The van der Waals surface area contributed by atoms with E-state index in [0.717, 1.165) is 25.4 Å². The lowest BCUT2D eigenvalue weighted by Gasteiger charge is -2.19. The summed E-state index contributed by atoms with van der Waals surface area (Å²) >= 11 is 0. The average Bonchev–Trinajstić information content (AvgIpc) is 2.84. The fourth-order valence-corrected chi connectivity index (χ4v) is 2.05. The molecule has 1 aromatic carbocycles. The van der Waals surface area contributed by atoms with E-state index in [1.807, 2.05) is 0 Å². The number of nitrogens with zero attached hydrogens (tertiary/aromatic N) is 1. The first-order chi connectivity index (χ1) is 9.20. The van der Waals surface area contributed by atoms with Gasteiger partial charge in [0, 0.05) is 24.8 Å². The molecule has 3 heteroatoms. The van der Waals surface area contributed by atoms with E-state index in [0.29, 0.717) is 0 Å². The van der Waals surface area contributed by atoms with Crippen molar-refractivity contribution in [2.45, 2.75) is 26.9 Å². The number of hydrogen-bond donors (Lipinski definition) is 1. The predicted molar refractivity (Wildman–Crippen MR) is 79.4 cm³/mol. The molecule has 2 rings (SSSR count). The molecule has 19 heavy (non-hydrogen) atoms. The minimum atomic E-state index is 0.792. The summed E-state index contributed by atoms with van der Waals surface area (Å²) in [6.45, 7) is 6.81. The van der Waals surface area contributed by atoms with Crippen LogP contribution in [0.2, 0.25) is 0 Å². The minimum absolute atomic E-state index is 0.792. The van der Waals surface area contributed by atoms with Gasteiger partial charge in [0.25, 0.3) is 0 Å². The van der Waals surface area contributed by atoms with Crippen LogP contribution >= 0.6 is 0 Å². The molecule has 0 saturated heterocycles. The molecule has 0 fully saturated rings. The van der Waals surface area contributed by atoms with Crippen LogP contribution < -0.4 is 10.2 Å². The molecular weight excluding hydrogens is 236 g/mol.